The van der Waals surface area contributed by atoms with E-state index in [9.17, 15) is 4.79 Å². The Morgan fingerprint density at radius 3 is 2.38 bits per heavy atom. The van der Waals surface area contributed by atoms with E-state index in [1.807, 2.05) is 23.9 Å². The second-order valence-electron chi connectivity index (χ2n) is 8.32. The fourth-order valence-corrected chi connectivity index (χ4v) is 5.28. The predicted octanol–water partition coefficient (Wildman–Crippen LogP) is 4.29. The van der Waals surface area contributed by atoms with Crippen molar-refractivity contribution in [3.63, 3.8) is 0 Å². The van der Waals surface area contributed by atoms with E-state index in [1.54, 1.807) is 7.11 Å². The van der Waals surface area contributed by atoms with Gasteiger partial charge >= 0.3 is 0 Å². The topological polar surface area (TPSA) is 68.8 Å². The van der Waals surface area contributed by atoms with E-state index in [4.69, 9.17) is 14.3 Å². The number of carbonyl (C=O) groups excluding carboxylic acids is 1. The lowest BCUT2D eigenvalue weighted by Crippen LogP contribution is -2.59. The highest BCUT2D eigenvalue weighted by molar-refractivity contribution is 7.99. The van der Waals surface area contributed by atoms with Crippen LogP contribution in [0.15, 0.2) is 48.5 Å². The molecule has 0 aromatic heterocycles. The van der Waals surface area contributed by atoms with Crippen LogP contribution in [0.1, 0.15) is 37.7 Å². The Balaban J connectivity index is 1.36. The second-order valence-corrected chi connectivity index (χ2v) is 9.54. The summed E-state index contributed by atoms with van der Waals surface area (Å²) in [7, 11) is 1.67. The molecule has 2 fully saturated rings. The number of amides is 1. The summed E-state index contributed by atoms with van der Waals surface area (Å²) in [5, 5.41) is 3.55. The van der Waals surface area contributed by atoms with Crippen LogP contribution in [0.4, 0.5) is 0 Å². The summed E-state index contributed by atoms with van der Waals surface area (Å²) in [5.74, 6) is 2.66. The van der Waals surface area contributed by atoms with Gasteiger partial charge in [-0.05, 0) is 66.0 Å². The molecule has 0 saturated carbocycles. The molecule has 2 heterocycles. The first-order valence-electron chi connectivity index (χ1n) is 11.3. The molecule has 1 amide bonds. The maximum Gasteiger partial charge on any atom is 0.263 e. The van der Waals surface area contributed by atoms with Crippen molar-refractivity contribution in [2.24, 2.45) is 0 Å². The Labute approximate surface area is 194 Å². The molecule has 2 saturated heterocycles. The molecule has 2 aliphatic rings. The number of methoxy groups -OCH3 is 1. The van der Waals surface area contributed by atoms with Gasteiger partial charge in [0.1, 0.15) is 11.3 Å². The number of hydrogen-bond acceptors (Lipinski definition) is 6. The van der Waals surface area contributed by atoms with Crippen molar-refractivity contribution in [3.8, 4) is 16.9 Å². The van der Waals surface area contributed by atoms with E-state index in [0.717, 1.165) is 66.0 Å². The smallest absolute Gasteiger partial charge is 0.263 e. The van der Waals surface area contributed by atoms with Crippen LogP contribution in [0.3, 0.4) is 0 Å². The van der Waals surface area contributed by atoms with E-state index in [0.29, 0.717) is 13.2 Å². The average molecular weight is 457 g/mol. The van der Waals surface area contributed by atoms with Crippen molar-refractivity contribution in [3.05, 3.63) is 54.1 Å². The van der Waals surface area contributed by atoms with Crippen molar-refractivity contribution in [1.29, 1.82) is 0 Å². The van der Waals surface area contributed by atoms with Crippen LogP contribution in [0, 0.1) is 0 Å². The first-order valence-corrected chi connectivity index (χ1v) is 12.5. The average Bonchev–Trinajstić information content (AvgIpc) is 2.87. The quantitative estimate of drug-likeness (QED) is 0.578. The number of nitrogens with one attached hydrogen (secondary N) is 2. The summed E-state index contributed by atoms with van der Waals surface area (Å²) >= 11 is 1.89. The van der Waals surface area contributed by atoms with Crippen LogP contribution in [-0.2, 0) is 20.9 Å². The number of ether oxygens (including phenoxy) is 2. The van der Waals surface area contributed by atoms with E-state index in [-0.39, 0.29) is 12.2 Å². The van der Waals surface area contributed by atoms with Crippen molar-refractivity contribution in [2.45, 2.75) is 50.5 Å². The minimum atomic E-state index is -0.616. The van der Waals surface area contributed by atoms with Gasteiger partial charge in [-0.3, -0.25) is 10.1 Å². The zero-order valence-electron chi connectivity index (χ0n) is 18.6. The molecule has 2 aromatic carbocycles. The lowest BCUT2D eigenvalue weighted by Gasteiger charge is -2.37. The SMILES string of the molecule is COc1ccc(-c2ccc(CNC3(C(=O)NOC4CCCCO4)CCSCC3)cc2)cc1. The summed E-state index contributed by atoms with van der Waals surface area (Å²) in [5.41, 5.74) is 5.52. The Kier molecular flexibility index (Phi) is 8.08. The standard InChI is InChI=1S/C25H32N2O4S/c1-29-22-11-9-21(10-12-22)20-7-5-19(6-8-20)18-26-25(13-16-32-17-14-25)24(28)27-31-23-4-2-3-15-30-23/h5-12,23,26H,2-4,13-18H2,1H3,(H,27,28). The van der Waals surface area contributed by atoms with E-state index < -0.39 is 5.54 Å². The van der Waals surface area contributed by atoms with Gasteiger partial charge < -0.3 is 9.47 Å². The number of rotatable bonds is 8. The van der Waals surface area contributed by atoms with Gasteiger partial charge in [0.05, 0.1) is 7.11 Å². The fraction of sp³-hybridized carbons (Fsp3) is 0.480. The van der Waals surface area contributed by atoms with Crippen LogP contribution >= 0.6 is 11.8 Å². The first kappa shape index (κ1) is 23.1. The molecule has 6 nitrogen and oxygen atoms in total. The first-order chi connectivity index (χ1) is 15.7. The number of thioether (sulfide) groups is 1. The maximum absolute atomic E-state index is 13.1. The largest absolute Gasteiger partial charge is 0.497 e. The minimum absolute atomic E-state index is 0.0955. The number of hydrogen-bond donors (Lipinski definition) is 2. The molecule has 1 atom stereocenters. The molecule has 0 spiro atoms. The van der Waals surface area contributed by atoms with Gasteiger partial charge in [0, 0.05) is 19.6 Å². The summed E-state index contributed by atoms with van der Waals surface area (Å²) in [4.78, 5) is 18.7. The molecule has 7 heteroatoms. The van der Waals surface area contributed by atoms with Crippen molar-refractivity contribution in [2.75, 3.05) is 25.2 Å². The van der Waals surface area contributed by atoms with Gasteiger partial charge in [0.25, 0.3) is 5.91 Å². The van der Waals surface area contributed by atoms with Crippen LogP contribution in [0.5, 0.6) is 5.75 Å². The van der Waals surface area contributed by atoms with E-state index in [1.165, 1.54) is 0 Å². The minimum Gasteiger partial charge on any atom is -0.497 e. The summed E-state index contributed by atoms with van der Waals surface area (Å²) in [6, 6.07) is 16.5. The Morgan fingerprint density at radius 1 is 1.06 bits per heavy atom. The molecule has 4 rings (SSSR count). The molecule has 0 aliphatic carbocycles. The highest BCUT2D eigenvalue weighted by atomic mass is 32.2. The lowest BCUT2D eigenvalue weighted by molar-refractivity contribution is -0.203. The Morgan fingerprint density at radius 2 is 1.75 bits per heavy atom. The van der Waals surface area contributed by atoms with Crippen LogP contribution in [0.25, 0.3) is 11.1 Å². The molecule has 0 radical (unpaired) electrons. The molecule has 1 unspecified atom stereocenters. The number of carbonyl (C=O) groups is 1. The monoisotopic (exact) mass is 456 g/mol. The van der Waals surface area contributed by atoms with Crippen LogP contribution in [-0.4, -0.2) is 43.0 Å². The van der Waals surface area contributed by atoms with Gasteiger partial charge in [0.2, 0.25) is 0 Å². The zero-order valence-corrected chi connectivity index (χ0v) is 19.4. The summed E-state index contributed by atoms with van der Waals surface area (Å²) < 4.78 is 10.8. The fourth-order valence-electron chi connectivity index (χ4n) is 4.09. The normalized spacial score (nSPS) is 20.5. The van der Waals surface area contributed by atoms with Gasteiger partial charge in [-0.2, -0.15) is 11.8 Å². The maximum atomic E-state index is 13.1. The van der Waals surface area contributed by atoms with E-state index in [2.05, 4.69) is 47.2 Å². The molecular weight excluding hydrogens is 424 g/mol. The molecule has 2 N–H and O–H groups in total. The highest BCUT2D eigenvalue weighted by Gasteiger charge is 2.40. The van der Waals surface area contributed by atoms with Gasteiger partial charge in [-0.25, -0.2) is 10.3 Å². The van der Waals surface area contributed by atoms with Crippen molar-refractivity contribution < 1.29 is 19.1 Å². The lowest BCUT2D eigenvalue weighted by atomic mass is 9.91. The molecular formula is C25H32N2O4S. The summed E-state index contributed by atoms with van der Waals surface area (Å²) in [6.07, 6.45) is 4.15. The van der Waals surface area contributed by atoms with Crippen LogP contribution < -0.4 is 15.5 Å². The molecule has 172 valence electrons. The van der Waals surface area contributed by atoms with Crippen molar-refractivity contribution >= 4 is 17.7 Å². The Hall–Kier alpha value is -2.06. The molecule has 0 bridgehead atoms. The Bertz CT molecular complexity index is 861. The van der Waals surface area contributed by atoms with Crippen molar-refractivity contribution in [1.82, 2.24) is 10.8 Å². The summed E-state index contributed by atoms with van der Waals surface area (Å²) in [6.45, 7) is 1.31. The zero-order chi connectivity index (χ0) is 22.2. The second kappa shape index (κ2) is 11.2. The third-order valence-corrected chi connectivity index (χ3v) is 7.20. The predicted molar refractivity (Wildman–Crippen MR) is 127 cm³/mol. The van der Waals surface area contributed by atoms with Gasteiger partial charge in [-0.1, -0.05) is 36.4 Å². The number of hydroxylamine groups is 1. The highest BCUT2D eigenvalue weighted by Crippen LogP contribution is 2.29. The van der Waals surface area contributed by atoms with Gasteiger partial charge in [-0.15, -0.1) is 0 Å². The number of benzene rings is 2. The molecule has 2 aromatic rings. The van der Waals surface area contributed by atoms with E-state index >= 15 is 0 Å². The third-order valence-electron chi connectivity index (χ3n) is 6.21. The van der Waals surface area contributed by atoms with Crippen LogP contribution in [0.2, 0.25) is 0 Å². The van der Waals surface area contributed by atoms with Gasteiger partial charge in [0.15, 0.2) is 6.29 Å². The molecule has 32 heavy (non-hydrogen) atoms. The third kappa shape index (κ3) is 5.84. The molecule has 2 aliphatic heterocycles.